The maximum atomic E-state index is 13.1. The van der Waals surface area contributed by atoms with Crippen LogP contribution in [0.1, 0.15) is 27.0 Å². The maximum absolute atomic E-state index is 13.1. The highest BCUT2D eigenvalue weighted by molar-refractivity contribution is 6.08. The second-order valence-electron chi connectivity index (χ2n) is 8.37. The van der Waals surface area contributed by atoms with E-state index in [1.807, 2.05) is 78.6 Å². The number of hydrogen-bond acceptors (Lipinski definition) is 4. The highest BCUT2D eigenvalue weighted by atomic mass is 16.2. The molecule has 0 bridgehead atoms. The van der Waals surface area contributed by atoms with Gasteiger partial charge in [0.2, 0.25) is 5.91 Å². The third-order valence-electron chi connectivity index (χ3n) is 6.00. The van der Waals surface area contributed by atoms with Gasteiger partial charge in [0.1, 0.15) is 0 Å². The van der Waals surface area contributed by atoms with E-state index in [0.717, 1.165) is 39.9 Å². The monoisotopic (exact) mass is 448 g/mol. The molecule has 6 heteroatoms. The second kappa shape index (κ2) is 9.27. The first-order valence-electron chi connectivity index (χ1n) is 11.2. The summed E-state index contributed by atoms with van der Waals surface area (Å²) in [7, 11) is 0. The van der Waals surface area contributed by atoms with Crippen molar-refractivity contribution >= 4 is 23.3 Å². The number of fused-ring (bicyclic) bond motifs is 1. The number of benzene rings is 3. The zero-order valence-corrected chi connectivity index (χ0v) is 18.9. The summed E-state index contributed by atoms with van der Waals surface area (Å²) in [6, 6.07) is 23.2. The van der Waals surface area contributed by atoms with Crippen molar-refractivity contribution in [1.29, 1.82) is 0 Å². The van der Waals surface area contributed by atoms with Gasteiger partial charge in [-0.05, 0) is 48.2 Å². The van der Waals surface area contributed by atoms with Gasteiger partial charge in [-0.1, -0.05) is 54.6 Å². The lowest BCUT2D eigenvalue weighted by Crippen LogP contribution is -2.29. The van der Waals surface area contributed by atoms with E-state index in [1.54, 1.807) is 12.4 Å². The first-order chi connectivity index (χ1) is 16.6. The van der Waals surface area contributed by atoms with Gasteiger partial charge in [-0.3, -0.25) is 14.6 Å². The molecular formula is C28H24N4O2. The molecule has 0 atom stereocenters. The molecular weight excluding hydrogens is 424 g/mol. The first kappa shape index (κ1) is 21.5. The van der Waals surface area contributed by atoms with Crippen LogP contribution < -0.4 is 10.2 Å². The average Bonchev–Trinajstić information content (AvgIpc) is 3.28. The summed E-state index contributed by atoms with van der Waals surface area (Å²) in [5.41, 5.74) is 6.23. The number of hydrogen-bond donors (Lipinski definition) is 1. The lowest BCUT2D eigenvalue weighted by Gasteiger charge is -2.19. The quantitative estimate of drug-likeness (QED) is 0.474. The number of anilines is 2. The number of nitrogens with one attached hydrogen (secondary N) is 1. The third-order valence-corrected chi connectivity index (χ3v) is 6.00. The minimum Gasteiger partial charge on any atom is -0.309 e. The Labute approximate surface area is 198 Å². The van der Waals surface area contributed by atoms with Crippen LogP contribution in [0.3, 0.4) is 0 Å². The van der Waals surface area contributed by atoms with Crippen molar-refractivity contribution in [2.75, 3.05) is 16.8 Å². The smallest absolute Gasteiger partial charge is 0.258 e. The van der Waals surface area contributed by atoms with Crippen LogP contribution in [0, 0.1) is 6.92 Å². The molecule has 34 heavy (non-hydrogen) atoms. The molecule has 6 nitrogen and oxygen atoms in total. The van der Waals surface area contributed by atoms with Crippen molar-refractivity contribution in [3.63, 3.8) is 0 Å². The molecule has 2 heterocycles. The van der Waals surface area contributed by atoms with Crippen molar-refractivity contribution in [3.05, 3.63) is 107 Å². The molecule has 168 valence electrons. The highest BCUT2D eigenvalue weighted by Gasteiger charge is 2.26. The lowest BCUT2D eigenvalue weighted by atomic mass is 10.1. The number of carbonyl (C=O) groups is 2. The Bertz CT molecular complexity index is 1370. The van der Waals surface area contributed by atoms with E-state index in [4.69, 9.17) is 0 Å². The highest BCUT2D eigenvalue weighted by Crippen LogP contribution is 2.33. The molecule has 0 fully saturated rings. The largest absolute Gasteiger partial charge is 0.309 e. The molecule has 0 radical (unpaired) electrons. The molecule has 0 unspecified atom stereocenters. The Balaban J connectivity index is 1.33. The fraction of sp³-hybridized carbons (Fsp3) is 0.143. The summed E-state index contributed by atoms with van der Waals surface area (Å²) in [6.45, 7) is 2.60. The van der Waals surface area contributed by atoms with Crippen LogP contribution in [0.25, 0.3) is 11.3 Å². The Morgan fingerprint density at radius 3 is 2.59 bits per heavy atom. The molecule has 0 aliphatic carbocycles. The number of rotatable bonds is 5. The summed E-state index contributed by atoms with van der Waals surface area (Å²) in [5.74, 6) is 0.291. The van der Waals surface area contributed by atoms with Crippen molar-refractivity contribution < 1.29 is 9.59 Å². The topological polar surface area (TPSA) is 75.2 Å². The van der Waals surface area contributed by atoms with Crippen molar-refractivity contribution in [3.8, 4) is 11.3 Å². The van der Waals surface area contributed by atoms with Crippen molar-refractivity contribution in [2.45, 2.75) is 19.8 Å². The molecule has 1 N–H and O–H groups in total. The van der Waals surface area contributed by atoms with Gasteiger partial charge in [0, 0.05) is 23.4 Å². The summed E-state index contributed by atoms with van der Waals surface area (Å²) >= 11 is 0. The predicted molar refractivity (Wildman–Crippen MR) is 133 cm³/mol. The lowest BCUT2D eigenvalue weighted by molar-refractivity contribution is -0.115. The van der Waals surface area contributed by atoms with E-state index in [9.17, 15) is 9.59 Å². The van der Waals surface area contributed by atoms with E-state index in [-0.39, 0.29) is 18.2 Å². The third kappa shape index (κ3) is 4.43. The van der Waals surface area contributed by atoms with E-state index < -0.39 is 0 Å². The Hall–Kier alpha value is -4.32. The summed E-state index contributed by atoms with van der Waals surface area (Å²) in [4.78, 5) is 36.2. The van der Waals surface area contributed by atoms with Gasteiger partial charge in [0.25, 0.3) is 5.91 Å². The number of amides is 2. The summed E-state index contributed by atoms with van der Waals surface area (Å²) in [6.07, 6.45) is 4.28. The van der Waals surface area contributed by atoms with Gasteiger partial charge in [0.15, 0.2) is 5.82 Å². The fourth-order valence-electron chi connectivity index (χ4n) is 4.26. The van der Waals surface area contributed by atoms with Gasteiger partial charge >= 0.3 is 0 Å². The minimum absolute atomic E-state index is 0.0208. The number of aryl methyl sites for hydroxylation is 1. The van der Waals surface area contributed by atoms with Crippen LogP contribution in [0.15, 0.2) is 85.2 Å². The van der Waals surface area contributed by atoms with Crippen LogP contribution in [0.5, 0.6) is 0 Å². The average molecular weight is 449 g/mol. The molecule has 0 spiro atoms. The molecule has 5 rings (SSSR count). The molecule has 3 aromatic carbocycles. The molecule has 1 aliphatic heterocycles. The maximum Gasteiger partial charge on any atom is 0.258 e. The Morgan fingerprint density at radius 1 is 0.971 bits per heavy atom. The predicted octanol–water partition coefficient (Wildman–Crippen LogP) is 4.84. The van der Waals surface area contributed by atoms with E-state index >= 15 is 0 Å². The number of nitrogens with zero attached hydrogens (tertiary/aromatic N) is 3. The summed E-state index contributed by atoms with van der Waals surface area (Å²) < 4.78 is 0. The number of aromatic nitrogens is 2. The van der Waals surface area contributed by atoms with Gasteiger partial charge in [-0.25, -0.2) is 4.98 Å². The van der Waals surface area contributed by atoms with E-state index in [1.165, 1.54) is 0 Å². The van der Waals surface area contributed by atoms with Crippen LogP contribution in [0.2, 0.25) is 0 Å². The minimum atomic E-state index is -0.142. The number of carbonyl (C=O) groups excluding carboxylic acids is 2. The van der Waals surface area contributed by atoms with Gasteiger partial charge in [0.05, 0.1) is 24.5 Å². The Kier molecular flexibility index (Phi) is 5.87. The zero-order valence-electron chi connectivity index (χ0n) is 18.9. The van der Waals surface area contributed by atoms with Crippen molar-refractivity contribution in [2.24, 2.45) is 0 Å². The SMILES string of the molecule is Cc1ccccc1C(=O)N1CCc2cc(-c3cncc(NC(=O)Cc4ccccc4)n3)ccc21. The van der Waals surface area contributed by atoms with Gasteiger partial charge in [-0.2, -0.15) is 0 Å². The zero-order chi connectivity index (χ0) is 23.5. The van der Waals surface area contributed by atoms with Crippen LogP contribution in [-0.4, -0.2) is 28.3 Å². The standard InChI is InChI=1S/C28H24N4O2/c1-19-7-5-6-10-23(19)28(34)32-14-13-22-16-21(11-12-25(22)32)24-17-29-18-26(30-24)31-27(33)15-20-8-3-2-4-9-20/h2-12,16-18H,13-15H2,1H3,(H,30,31,33). The fourth-order valence-corrected chi connectivity index (χ4v) is 4.26. The summed E-state index contributed by atoms with van der Waals surface area (Å²) in [5, 5.41) is 2.83. The van der Waals surface area contributed by atoms with E-state index in [0.29, 0.717) is 18.1 Å². The molecule has 0 saturated heterocycles. The molecule has 1 aromatic heterocycles. The van der Waals surface area contributed by atoms with Crippen LogP contribution in [0.4, 0.5) is 11.5 Å². The second-order valence-corrected chi connectivity index (χ2v) is 8.37. The van der Waals surface area contributed by atoms with Gasteiger partial charge in [-0.15, -0.1) is 0 Å². The van der Waals surface area contributed by atoms with E-state index in [2.05, 4.69) is 21.4 Å². The molecule has 2 amide bonds. The normalized spacial score (nSPS) is 12.3. The first-order valence-corrected chi connectivity index (χ1v) is 11.2. The van der Waals surface area contributed by atoms with Gasteiger partial charge < -0.3 is 10.2 Å². The van der Waals surface area contributed by atoms with Crippen LogP contribution >= 0.6 is 0 Å². The van der Waals surface area contributed by atoms with Crippen molar-refractivity contribution in [1.82, 2.24) is 9.97 Å². The molecule has 0 saturated carbocycles. The molecule has 1 aliphatic rings. The molecule has 4 aromatic rings. The Morgan fingerprint density at radius 2 is 1.76 bits per heavy atom. The van der Waals surface area contributed by atoms with Crippen LogP contribution in [-0.2, 0) is 17.6 Å².